The van der Waals surface area contributed by atoms with Gasteiger partial charge in [0.25, 0.3) is 0 Å². The summed E-state index contributed by atoms with van der Waals surface area (Å²) < 4.78 is 1.14. The quantitative estimate of drug-likeness (QED) is 0.834. The van der Waals surface area contributed by atoms with Crippen molar-refractivity contribution in [3.63, 3.8) is 0 Å². The van der Waals surface area contributed by atoms with Gasteiger partial charge in [0.1, 0.15) is 5.01 Å². The fourth-order valence-corrected chi connectivity index (χ4v) is 4.26. The van der Waals surface area contributed by atoms with Crippen LogP contribution in [0.2, 0.25) is 0 Å². The van der Waals surface area contributed by atoms with Gasteiger partial charge in [-0.3, -0.25) is 0 Å². The lowest BCUT2D eigenvalue weighted by molar-refractivity contribution is 0.968. The van der Waals surface area contributed by atoms with E-state index in [2.05, 4.69) is 46.0 Å². The zero-order chi connectivity index (χ0) is 13.0. The van der Waals surface area contributed by atoms with Crippen molar-refractivity contribution in [2.45, 2.75) is 24.0 Å². The predicted octanol–water partition coefficient (Wildman–Crippen LogP) is 4.01. The van der Waals surface area contributed by atoms with E-state index in [0.717, 1.165) is 22.3 Å². The molecule has 1 heterocycles. The van der Waals surface area contributed by atoms with Crippen LogP contribution < -0.4 is 5.73 Å². The highest BCUT2D eigenvalue weighted by atomic mass is 79.9. The Balaban J connectivity index is 2.02. The molecule has 0 saturated heterocycles. The lowest BCUT2D eigenvalue weighted by Gasteiger charge is -2.01. The van der Waals surface area contributed by atoms with E-state index >= 15 is 0 Å². The van der Waals surface area contributed by atoms with Crippen LogP contribution in [-0.2, 0) is 12.2 Å². The molecule has 2 aromatic rings. The van der Waals surface area contributed by atoms with Crippen molar-refractivity contribution in [3.8, 4) is 0 Å². The van der Waals surface area contributed by atoms with E-state index in [9.17, 15) is 0 Å². The van der Waals surface area contributed by atoms with Crippen molar-refractivity contribution in [1.29, 1.82) is 0 Å². The standard InChI is InChI=1S/C13H15BrN2S2/c1-9-11(6-7-15)18-13(16-9)8-17-12-5-3-2-4-10(12)14/h2-5H,6-8,15H2,1H3. The first-order valence-corrected chi connectivity index (χ1v) is 8.33. The third kappa shape index (κ3) is 3.57. The van der Waals surface area contributed by atoms with Crippen LogP contribution in [0.5, 0.6) is 0 Å². The predicted molar refractivity (Wildman–Crippen MR) is 83.3 cm³/mol. The number of halogens is 1. The zero-order valence-corrected chi connectivity index (χ0v) is 13.4. The number of rotatable bonds is 5. The van der Waals surface area contributed by atoms with E-state index in [-0.39, 0.29) is 0 Å². The molecule has 5 heteroatoms. The highest BCUT2D eigenvalue weighted by Gasteiger charge is 2.08. The minimum Gasteiger partial charge on any atom is -0.330 e. The molecule has 2 rings (SSSR count). The van der Waals surface area contributed by atoms with Gasteiger partial charge in [0.2, 0.25) is 0 Å². The summed E-state index contributed by atoms with van der Waals surface area (Å²) in [6.45, 7) is 2.76. The Morgan fingerprint density at radius 3 is 2.89 bits per heavy atom. The maximum Gasteiger partial charge on any atom is 0.103 e. The second-order valence-electron chi connectivity index (χ2n) is 3.87. The van der Waals surface area contributed by atoms with Gasteiger partial charge in [-0.05, 0) is 48.0 Å². The topological polar surface area (TPSA) is 38.9 Å². The first kappa shape index (κ1) is 14.1. The average molecular weight is 343 g/mol. The van der Waals surface area contributed by atoms with Gasteiger partial charge in [-0.25, -0.2) is 4.98 Å². The van der Waals surface area contributed by atoms with Crippen LogP contribution in [0.4, 0.5) is 0 Å². The molecule has 1 aromatic heterocycles. The van der Waals surface area contributed by atoms with Crippen molar-refractivity contribution in [1.82, 2.24) is 4.98 Å². The number of aromatic nitrogens is 1. The molecule has 18 heavy (non-hydrogen) atoms. The number of aryl methyl sites for hydroxylation is 1. The van der Waals surface area contributed by atoms with Crippen molar-refractivity contribution < 1.29 is 0 Å². The van der Waals surface area contributed by atoms with E-state index in [0.29, 0.717) is 6.54 Å². The second kappa shape index (κ2) is 6.70. The first-order chi connectivity index (χ1) is 8.70. The third-order valence-electron chi connectivity index (χ3n) is 2.50. The Kier molecular flexibility index (Phi) is 5.24. The van der Waals surface area contributed by atoms with Crippen LogP contribution in [0.1, 0.15) is 15.6 Å². The van der Waals surface area contributed by atoms with E-state index in [1.807, 2.05) is 17.8 Å². The van der Waals surface area contributed by atoms with Crippen molar-refractivity contribution in [2.75, 3.05) is 6.54 Å². The molecule has 0 bridgehead atoms. The average Bonchev–Trinajstić information content (AvgIpc) is 2.70. The molecule has 0 aliphatic heterocycles. The highest BCUT2D eigenvalue weighted by molar-refractivity contribution is 9.10. The van der Waals surface area contributed by atoms with Gasteiger partial charge in [0.05, 0.1) is 11.4 Å². The van der Waals surface area contributed by atoms with Crippen molar-refractivity contribution >= 4 is 39.0 Å². The smallest absolute Gasteiger partial charge is 0.103 e. The van der Waals surface area contributed by atoms with Gasteiger partial charge >= 0.3 is 0 Å². The van der Waals surface area contributed by atoms with E-state index in [1.54, 1.807) is 11.3 Å². The zero-order valence-electron chi connectivity index (χ0n) is 10.1. The van der Waals surface area contributed by atoms with E-state index in [1.165, 1.54) is 14.8 Å². The van der Waals surface area contributed by atoms with Crippen LogP contribution in [0.25, 0.3) is 0 Å². The van der Waals surface area contributed by atoms with Crippen LogP contribution in [0, 0.1) is 6.92 Å². The van der Waals surface area contributed by atoms with Crippen LogP contribution in [0.3, 0.4) is 0 Å². The molecule has 0 atom stereocenters. The summed E-state index contributed by atoms with van der Waals surface area (Å²) >= 11 is 7.15. The lowest BCUT2D eigenvalue weighted by atomic mass is 10.3. The van der Waals surface area contributed by atoms with Gasteiger partial charge in [-0.2, -0.15) is 0 Å². The number of thioether (sulfide) groups is 1. The minimum atomic E-state index is 0.694. The van der Waals surface area contributed by atoms with Gasteiger partial charge in [-0.1, -0.05) is 12.1 Å². The Bertz CT molecular complexity index is 525. The normalized spacial score (nSPS) is 10.8. The lowest BCUT2D eigenvalue weighted by Crippen LogP contribution is -2.01. The summed E-state index contributed by atoms with van der Waals surface area (Å²) in [5, 5.41) is 1.18. The molecule has 0 radical (unpaired) electrons. The monoisotopic (exact) mass is 342 g/mol. The van der Waals surface area contributed by atoms with Gasteiger partial charge in [-0.15, -0.1) is 23.1 Å². The molecule has 96 valence electrons. The molecule has 0 aliphatic carbocycles. The second-order valence-corrected chi connectivity index (χ2v) is 6.91. The number of nitrogens with two attached hydrogens (primary N) is 1. The van der Waals surface area contributed by atoms with Crippen LogP contribution in [0.15, 0.2) is 33.6 Å². The number of hydrogen-bond acceptors (Lipinski definition) is 4. The number of thiazole rings is 1. The fraction of sp³-hybridized carbons (Fsp3) is 0.308. The molecule has 2 nitrogen and oxygen atoms in total. The number of benzene rings is 1. The van der Waals surface area contributed by atoms with E-state index < -0.39 is 0 Å². The fourth-order valence-electron chi connectivity index (χ4n) is 1.61. The molecule has 0 unspecified atom stereocenters. The van der Waals surface area contributed by atoms with Crippen molar-refractivity contribution in [3.05, 3.63) is 44.3 Å². The SMILES string of the molecule is Cc1nc(CSc2ccccc2Br)sc1CCN. The van der Waals surface area contributed by atoms with Gasteiger partial charge in [0.15, 0.2) is 0 Å². The largest absolute Gasteiger partial charge is 0.330 e. The first-order valence-electron chi connectivity index (χ1n) is 5.73. The summed E-state index contributed by atoms with van der Waals surface area (Å²) in [7, 11) is 0. The summed E-state index contributed by atoms with van der Waals surface area (Å²) in [5.41, 5.74) is 6.72. The molecule has 1 aromatic carbocycles. The summed E-state index contributed by atoms with van der Waals surface area (Å²) in [6.07, 6.45) is 0.934. The van der Waals surface area contributed by atoms with Crippen LogP contribution in [-0.4, -0.2) is 11.5 Å². The molecular formula is C13H15BrN2S2. The number of hydrogen-bond donors (Lipinski definition) is 1. The molecule has 0 aliphatic rings. The van der Waals surface area contributed by atoms with Gasteiger partial charge in [0, 0.05) is 14.2 Å². The van der Waals surface area contributed by atoms with Crippen molar-refractivity contribution in [2.24, 2.45) is 5.73 Å². The molecule has 2 N–H and O–H groups in total. The molecular weight excluding hydrogens is 328 g/mol. The van der Waals surface area contributed by atoms with E-state index in [4.69, 9.17) is 5.73 Å². The van der Waals surface area contributed by atoms with Crippen LogP contribution >= 0.6 is 39.0 Å². The number of nitrogens with zero attached hydrogens (tertiary/aromatic N) is 1. The third-order valence-corrected chi connectivity index (χ3v) is 5.93. The maximum absolute atomic E-state index is 5.59. The Labute approximate surface area is 124 Å². The van der Waals surface area contributed by atoms with Gasteiger partial charge < -0.3 is 5.73 Å². The molecule has 0 fully saturated rings. The Morgan fingerprint density at radius 2 is 2.17 bits per heavy atom. The Hall–Kier alpha value is -0.360. The Morgan fingerprint density at radius 1 is 1.39 bits per heavy atom. The summed E-state index contributed by atoms with van der Waals surface area (Å²) in [5.74, 6) is 0.915. The molecule has 0 spiro atoms. The highest BCUT2D eigenvalue weighted by Crippen LogP contribution is 2.31. The maximum atomic E-state index is 5.59. The molecule has 0 amide bonds. The molecule has 0 saturated carbocycles. The summed E-state index contributed by atoms with van der Waals surface area (Å²) in [4.78, 5) is 7.18. The minimum absolute atomic E-state index is 0.694. The summed E-state index contributed by atoms with van der Waals surface area (Å²) in [6, 6.07) is 8.27.